The lowest BCUT2D eigenvalue weighted by Crippen LogP contribution is -2.57. The molecule has 0 spiro atoms. The molecular formula is C62H64N6O9S. The van der Waals surface area contributed by atoms with Crippen LogP contribution in [0.15, 0.2) is 157 Å². The number of carboxylic acid groups (broad SMARTS) is 1. The number of aliphatic carboxylic acids is 1. The second-order valence-corrected chi connectivity index (χ2v) is 20.8. The molecule has 78 heavy (non-hydrogen) atoms. The quantitative estimate of drug-likeness (QED) is 0.0269. The Bertz CT molecular complexity index is 3170. The van der Waals surface area contributed by atoms with E-state index in [1.165, 1.54) is 11.3 Å². The van der Waals surface area contributed by atoms with Crippen molar-refractivity contribution in [3.05, 3.63) is 190 Å². The fraction of sp³-hybridized carbons (Fsp3) is 0.290. The molecule has 0 saturated heterocycles. The molecule has 0 bridgehead atoms. The van der Waals surface area contributed by atoms with Gasteiger partial charge in [0, 0.05) is 42.6 Å². The first-order valence-corrected chi connectivity index (χ1v) is 27.5. The predicted octanol–water partition coefficient (Wildman–Crippen LogP) is 8.97. The van der Waals surface area contributed by atoms with Crippen molar-refractivity contribution in [2.45, 2.75) is 87.4 Å². The van der Waals surface area contributed by atoms with E-state index in [1.54, 1.807) is 0 Å². The van der Waals surface area contributed by atoms with Gasteiger partial charge in [0.2, 0.25) is 17.7 Å². The molecule has 4 atom stereocenters. The Balaban J connectivity index is 0.803. The monoisotopic (exact) mass is 1070 g/mol. The van der Waals surface area contributed by atoms with E-state index in [-0.39, 0.29) is 63.8 Å². The first-order chi connectivity index (χ1) is 38.0. The summed E-state index contributed by atoms with van der Waals surface area (Å²) in [5.74, 6) is -3.41. The minimum atomic E-state index is -1.32. The average molecular weight is 1070 g/mol. The lowest BCUT2D eigenvalue weighted by atomic mass is 9.98. The molecule has 6 aromatic carbocycles. The third-order valence-corrected chi connectivity index (χ3v) is 15.4. The highest BCUT2D eigenvalue weighted by atomic mass is 32.1. The van der Waals surface area contributed by atoms with E-state index < -0.39 is 60.0 Å². The van der Waals surface area contributed by atoms with Gasteiger partial charge in [-0.1, -0.05) is 146 Å². The van der Waals surface area contributed by atoms with E-state index in [0.717, 1.165) is 60.2 Å². The summed E-state index contributed by atoms with van der Waals surface area (Å²) in [6, 6.07) is 44.7. The maximum Gasteiger partial charge on any atom is 0.407 e. The van der Waals surface area contributed by atoms with Gasteiger partial charge in [0.05, 0.1) is 6.04 Å². The van der Waals surface area contributed by atoms with Gasteiger partial charge in [0.25, 0.3) is 0 Å². The number of hydrogen-bond donors (Lipinski definition) is 7. The fourth-order valence-corrected chi connectivity index (χ4v) is 11.3. The van der Waals surface area contributed by atoms with Gasteiger partial charge in [-0.15, -0.1) is 11.3 Å². The number of nitrogens with one attached hydrogen (secondary N) is 5. The molecular weight excluding hydrogens is 1000 g/mol. The van der Waals surface area contributed by atoms with Gasteiger partial charge < -0.3 is 46.9 Å². The lowest BCUT2D eigenvalue weighted by molar-refractivity contribution is -0.142. The zero-order chi connectivity index (χ0) is 54.4. The molecule has 8 N–H and O–H groups in total. The molecule has 5 amide bonds. The Hall–Kier alpha value is -8.34. The number of ether oxygens (including phenoxy) is 2. The maximum absolute atomic E-state index is 14.4. The highest BCUT2D eigenvalue weighted by Crippen LogP contribution is 2.45. The molecule has 0 unspecified atom stereocenters. The Kier molecular flexibility index (Phi) is 18.2. The number of carboxylic acids is 1. The highest BCUT2D eigenvalue weighted by Gasteiger charge is 2.33. The van der Waals surface area contributed by atoms with Gasteiger partial charge in [-0.25, -0.2) is 14.4 Å². The number of nitrogens with two attached hydrogens (primary N) is 1. The number of thiophene rings is 1. The number of unbranched alkanes of at least 4 members (excludes halogenated alkanes) is 2. The molecule has 16 heteroatoms. The fourth-order valence-electron chi connectivity index (χ4n) is 10.5. The molecule has 9 rings (SSSR count). The summed E-state index contributed by atoms with van der Waals surface area (Å²) >= 11 is 1.46. The predicted molar refractivity (Wildman–Crippen MR) is 301 cm³/mol. The SMILES string of the molecule is N[C@@H](Cc1cccs1)C(=O)N[C@@H](CCCCNC(=O)OCC1c2ccccc2-c2ccccc21)C(=O)N[C@H](Cc1ccc2ccccc2c1)C(=O)N[C@@H](CCCCNC(=O)OCC1c2ccccc2-c2ccccc21)C(=O)O. The Morgan fingerprint density at radius 2 is 0.962 bits per heavy atom. The van der Waals surface area contributed by atoms with Crippen LogP contribution in [-0.2, 0) is 41.5 Å². The van der Waals surface area contributed by atoms with Crippen molar-refractivity contribution in [3.63, 3.8) is 0 Å². The number of rotatable bonds is 25. The second kappa shape index (κ2) is 26.1. The number of amides is 5. The number of hydrogen-bond acceptors (Lipinski definition) is 10. The molecule has 0 fully saturated rings. The minimum absolute atomic E-state index is 0.00141. The standard InChI is InChI=1S/C62H64N6O9S/c63-53(36-42-18-15-33-78-42)57(69)66-54(27-11-13-31-64-61(74)76-37-51-47-23-7-3-19-43(47)44-20-4-8-24-48(44)51)58(70)68-56(35-39-29-30-40-16-1-2-17-41(40)34-39)59(71)67-55(60(72)73)28-12-14-32-65-62(75)77-38-52-49-25-9-5-21-45(49)46-22-6-10-26-50(46)52/h1-10,15-26,29-30,33-34,51-56H,11-14,27-28,31-32,35-38,63H2,(H,64,74)(H,65,75)(H,66,69)(H,67,71)(H,68,70)(H,72,73)/t53-,54-,55-,56+/m0/s1. The number of carbonyl (C=O) groups excluding carboxylic acids is 5. The zero-order valence-corrected chi connectivity index (χ0v) is 44.0. The third kappa shape index (κ3) is 13.6. The second-order valence-electron chi connectivity index (χ2n) is 19.8. The van der Waals surface area contributed by atoms with Crippen LogP contribution in [0.3, 0.4) is 0 Å². The van der Waals surface area contributed by atoms with Crippen LogP contribution in [0.25, 0.3) is 33.0 Å². The lowest BCUT2D eigenvalue weighted by Gasteiger charge is -2.25. The maximum atomic E-state index is 14.4. The first kappa shape index (κ1) is 54.4. The molecule has 0 saturated carbocycles. The summed E-state index contributed by atoms with van der Waals surface area (Å²) in [6.07, 6.45) is 0.781. The summed E-state index contributed by atoms with van der Waals surface area (Å²) < 4.78 is 11.4. The van der Waals surface area contributed by atoms with Gasteiger partial charge >= 0.3 is 18.2 Å². The summed E-state index contributed by atoms with van der Waals surface area (Å²) in [6.45, 7) is 0.757. The van der Waals surface area contributed by atoms with Crippen LogP contribution < -0.4 is 32.3 Å². The van der Waals surface area contributed by atoms with Crippen LogP contribution in [0, 0.1) is 0 Å². The third-order valence-electron chi connectivity index (χ3n) is 14.5. The van der Waals surface area contributed by atoms with Crippen LogP contribution in [0.4, 0.5) is 9.59 Å². The molecule has 1 heterocycles. The van der Waals surface area contributed by atoms with E-state index in [2.05, 4.69) is 50.8 Å². The van der Waals surface area contributed by atoms with E-state index in [9.17, 15) is 33.9 Å². The smallest absolute Gasteiger partial charge is 0.407 e. The Labute approximate surface area is 457 Å². The van der Waals surface area contributed by atoms with Gasteiger partial charge in [-0.05, 0) is 111 Å². The molecule has 2 aliphatic carbocycles. The molecule has 7 aromatic rings. The van der Waals surface area contributed by atoms with E-state index in [4.69, 9.17) is 15.2 Å². The van der Waals surface area contributed by atoms with E-state index in [0.29, 0.717) is 31.2 Å². The summed E-state index contributed by atoms with van der Waals surface area (Å²) in [5.41, 5.74) is 15.9. The van der Waals surface area contributed by atoms with Crippen LogP contribution in [0.5, 0.6) is 0 Å². The van der Waals surface area contributed by atoms with Gasteiger partial charge in [0.1, 0.15) is 31.3 Å². The van der Waals surface area contributed by atoms with Crippen molar-refractivity contribution in [1.82, 2.24) is 26.6 Å². The molecule has 2 aliphatic rings. The molecule has 15 nitrogen and oxygen atoms in total. The van der Waals surface area contributed by atoms with Crippen LogP contribution >= 0.6 is 11.3 Å². The van der Waals surface area contributed by atoms with Crippen LogP contribution in [0.2, 0.25) is 0 Å². The van der Waals surface area contributed by atoms with Crippen molar-refractivity contribution in [1.29, 1.82) is 0 Å². The number of benzene rings is 6. The molecule has 1 aromatic heterocycles. The Morgan fingerprint density at radius 1 is 0.500 bits per heavy atom. The summed E-state index contributed by atoms with van der Waals surface area (Å²) in [7, 11) is 0. The van der Waals surface area contributed by atoms with Gasteiger partial charge in [-0.3, -0.25) is 14.4 Å². The van der Waals surface area contributed by atoms with Crippen molar-refractivity contribution < 1.29 is 43.3 Å². The normalized spacial score (nSPS) is 13.9. The topological polar surface area (TPSA) is 227 Å². The Morgan fingerprint density at radius 3 is 1.47 bits per heavy atom. The van der Waals surface area contributed by atoms with Crippen LogP contribution in [-0.4, -0.2) is 91.5 Å². The summed E-state index contributed by atoms with van der Waals surface area (Å²) in [5, 5.41) is 28.0. The van der Waals surface area contributed by atoms with Crippen LogP contribution in [0.1, 0.15) is 83.1 Å². The number of fused-ring (bicyclic) bond motifs is 7. The van der Waals surface area contributed by atoms with Crippen molar-refractivity contribution >= 4 is 58.0 Å². The minimum Gasteiger partial charge on any atom is -0.480 e. The highest BCUT2D eigenvalue weighted by molar-refractivity contribution is 7.09. The molecule has 0 radical (unpaired) electrons. The molecule has 402 valence electrons. The number of carbonyl (C=O) groups is 6. The van der Waals surface area contributed by atoms with Crippen molar-refractivity contribution in [2.24, 2.45) is 5.73 Å². The largest absolute Gasteiger partial charge is 0.480 e. The van der Waals surface area contributed by atoms with Gasteiger partial charge in [0.15, 0.2) is 0 Å². The molecule has 0 aliphatic heterocycles. The average Bonchev–Trinajstić information content (AvgIpc) is 4.19. The van der Waals surface area contributed by atoms with Crippen molar-refractivity contribution in [3.8, 4) is 22.3 Å². The van der Waals surface area contributed by atoms with E-state index >= 15 is 0 Å². The van der Waals surface area contributed by atoms with Gasteiger partial charge in [-0.2, -0.15) is 0 Å². The van der Waals surface area contributed by atoms with Crippen molar-refractivity contribution in [2.75, 3.05) is 26.3 Å². The number of alkyl carbamates (subject to hydrolysis) is 2. The first-order valence-electron chi connectivity index (χ1n) is 26.6. The zero-order valence-electron chi connectivity index (χ0n) is 43.2. The summed E-state index contributed by atoms with van der Waals surface area (Å²) in [4.78, 5) is 81.8. The van der Waals surface area contributed by atoms with E-state index in [1.807, 2.05) is 133 Å².